The van der Waals surface area contributed by atoms with Crippen molar-refractivity contribution in [1.82, 2.24) is 0 Å². The van der Waals surface area contributed by atoms with E-state index in [1.54, 1.807) is 114 Å². The van der Waals surface area contributed by atoms with Crippen molar-refractivity contribution in [2.24, 2.45) is 0 Å². The SMILES string of the molecule is CCCCCP(CCCCC)[C]12[CH]3[CH]4[CH]5[C]1(P(CCCCC)CCCCC)[Cr]43521678[CH]2[CH]1[CH]6[CH]7[CH]28. The van der Waals surface area contributed by atoms with Gasteiger partial charge in [0, 0.05) is 0 Å². The zero-order valence-electron chi connectivity index (χ0n) is 22.2. The fraction of sp³-hybridized carbons (Fsp3) is 1.00. The van der Waals surface area contributed by atoms with E-state index in [0.717, 1.165) is 0 Å². The Bertz CT molecular complexity index is 1140. The number of fused-ring (bicyclic) bond motifs is 10. The van der Waals surface area contributed by atoms with Crippen molar-refractivity contribution in [3.63, 3.8) is 0 Å². The zero-order valence-corrected chi connectivity index (χ0v) is 25.3. The first-order chi connectivity index (χ1) is 16.0. The minimum absolute atomic E-state index is 0.402. The molecule has 0 aromatic heterocycles. The van der Waals surface area contributed by atoms with E-state index in [4.69, 9.17) is 0 Å². The van der Waals surface area contributed by atoms with E-state index in [9.17, 15) is 0 Å². The maximum atomic E-state index is 2.45. The molecule has 1 spiro atoms. The van der Waals surface area contributed by atoms with Gasteiger partial charge in [-0.1, -0.05) is 0 Å². The van der Waals surface area contributed by atoms with E-state index >= 15 is 0 Å². The normalized spacial score (nSPS) is 69.9. The average Bonchev–Trinajstić information content (AvgIpc) is 3.76. The summed E-state index contributed by atoms with van der Waals surface area (Å²) >= 11 is 0. The molecule has 0 aromatic rings. The summed E-state index contributed by atoms with van der Waals surface area (Å²) in [5, 5.41) is 0. The predicted molar refractivity (Wildman–Crippen MR) is 147 cm³/mol. The molecule has 0 radical (unpaired) electrons. The Kier molecular flexibility index (Phi) is 1.98. The molecule has 0 amide bonds. The van der Waals surface area contributed by atoms with Crippen molar-refractivity contribution in [1.29, 1.82) is 0 Å². The van der Waals surface area contributed by atoms with Crippen LogP contribution in [0, 0.1) is 0 Å². The fourth-order valence-electron chi connectivity index (χ4n) is 24.2. The Hall–Kier alpha value is 1.39. The summed E-state index contributed by atoms with van der Waals surface area (Å²) in [5.74, 6) is 0. The molecule has 3 heteroatoms. The van der Waals surface area contributed by atoms with Crippen LogP contribution in [0.15, 0.2) is 0 Å². The standard InChI is InChI=1S/C25H47P2.C5H5.Cr/c1-5-9-13-20-26(21-14-10-6-2)24-18-17-19-25(24)27(22-15-11-7-3)23-16-12-8-4;1-2-4-5-3-1;/h17-19H,5-16,20-23H2,1-4H3;1-5H;. The van der Waals surface area contributed by atoms with Gasteiger partial charge in [-0.05, 0) is 0 Å². The summed E-state index contributed by atoms with van der Waals surface area (Å²) in [5.41, 5.74) is 0. The molecule has 188 valence electrons. The van der Waals surface area contributed by atoms with Gasteiger partial charge in [0.1, 0.15) is 0 Å². The van der Waals surface area contributed by atoms with Crippen LogP contribution in [-0.4, -0.2) is 32.7 Å². The second-order valence-corrected chi connectivity index (χ2v) is 50.8. The molecular formula is C30H52CrP2. The summed E-state index contributed by atoms with van der Waals surface area (Å²) in [4.78, 5) is 0. The van der Waals surface area contributed by atoms with E-state index in [2.05, 4.69) is 27.7 Å². The molecule has 0 aromatic carbocycles. The van der Waals surface area contributed by atoms with Crippen LogP contribution < -0.4 is 0 Å². The molecule has 4 atom stereocenters. The van der Waals surface area contributed by atoms with Gasteiger partial charge in [0.2, 0.25) is 0 Å². The van der Waals surface area contributed by atoms with E-state index in [-0.39, 0.29) is 0 Å². The maximum absolute atomic E-state index is 3.46. The first kappa shape index (κ1) is 20.4. The van der Waals surface area contributed by atoms with Crippen molar-refractivity contribution in [2.45, 2.75) is 151 Å². The van der Waals surface area contributed by atoms with Gasteiger partial charge in [0.15, 0.2) is 0 Å². The third-order valence-corrected chi connectivity index (χ3v) is 88.1. The minimum atomic E-state index is -3.46. The van der Waals surface area contributed by atoms with Crippen molar-refractivity contribution in [2.75, 3.05) is 24.6 Å². The van der Waals surface area contributed by atoms with Gasteiger partial charge in [0.05, 0.1) is 0 Å². The summed E-state index contributed by atoms with van der Waals surface area (Å²) in [6.07, 6.45) is 25.5. The number of rotatable bonds is 18. The first-order valence-electron chi connectivity index (χ1n) is 16.0. The van der Waals surface area contributed by atoms with Gasteiger partial charge >= 0.3 is 198 Å². The Morgan fingerprint density at radius 1 is 0.455 bits per heavy atom. The van der Waals surface area contributed by atoms with Gasteiger partial charge in [-0.3, -0.25) is 0 Å². The molecule has 10 saturated heterocycles. The van der Waals surface area contributed by atoms with Crippen LogP contribution in [0.5, 0.6) is 0 Å². The van der Waals surface area contributed by atoms with E-state index in [0.29, 0.717) is 15.8 Å². The van der Waals surface area contributed by atoms with Crippen LogP contribution in [0.3, 0.4) is 0 Å². The Morgan fingerprint density at radius 2 is 0.758 bits per heavy atom. The molecule has 10 fully saturated rings. The number of hydrogen-bond acceptors (Lipinski definition) is 0. The van der Waals surface area contributed by atoms with E-state index in [1.807, 2.05) is 0 Å². The molecule has 0 bridgehead atoms. The Morgan fingerprint density at radius 3 is 0.970 bits per heavy atom. The van der Waals surface area contributed by atoms with E-state index < -0.39 is 6.65 Å². The van der Waals surface area contributed by atoms with Crippen LogP contribution in [0.25, 0.3) is 0 Å². The van der Waals surface area contributed by atoms with Gasteiger partial charge in [-0.25, -0.2) is 0 Å². The second-order valence-electron chi connectivity index (χ2n) is 17.6. The molecule has 0 nitrogen and oxygen atoms in total. The van der Waals surface area contributed by atoms with Gasteiger partial charge < -0.3 is 0 Å². The third kappa shape index (κ3) is 0.485. The fourth-order valence-corrected chi connectivity index (χ4v) is 156. The summed E-state index contributed by atoms with van der Waals surface area (Å²) in [6.45, 7) is 6.34. The third-order valence-electron chi connectivity index (χ3n) is 21.9. The van der Waals surface area contributed by atoms with Crippen LogP contribution in [-0.2, 0) is 6.65 Å². The van der Waals surface area contributed by atoms with Crippen molar-refractivity contribution < 1.29 is 6.65 Å². The van der Waals surface area contributed by atoms with E-state index in [1.165, 1.54) is 33.7 Å². The van der Waals surface area contributed by atoms with Gasteiger partial charge in [-0.2, -0.15) is 0 Å². The predicted octanol–water partition coefficient (Wildman–Crippen LogP) is 10.9. The van der Waals surface area contributed by atoms with Crippen LogP contribution in [0.4, 0.5) is 0 Å². The Balaban J connectivity index is 1.10. The summed E-state index contributed by atoms with van der Waals surface area (Å²) in [6, 6.07) is 0. The van der Waals surface area contributed by atoms with Gasteiger partial charge in [0.25, 0.3) is 0 Å². The van der Waals surface area contributed by atoms with Gasteiger partial charge in [-0.15, -0.1) is 0 Å². The molecule has 0 saturated carbocycles. The molecule has 10 heterocycles. The van der Waals surface area contributed by atoms with Crippen molar-refractivity contribution in [3.05, 3.63) is 0 Å². The summed E-state index contributed by atoms with van der Waals surface area (Å²) in [7, 11) is 0.804. The van der Waals surface area contributed by atoms with Crippen LogP contribution in [0.2, 0.25) is 38.2 Å². The first-order valence-corrected chi connectivity index (χ1v) is 26.6. The molecule has 10 aliphatic rings. The molecule has 33 heavy (non-hydrogen) atoms. The number of unbranched alkanes of at least 4 members (excludes halogenated alkanes) is 8. The average molecular weight is 527 g/mol. The molecule has 0 N–H and O–H groups in total. The molecule has 10 aliphatic heterocycles. The topological polar surface area (TPSA) is 0 Å². The number of hydrogen-bond donors (Lipinski definition) is 0. The second kappa shape index (κ2) is 3.22. The summed E-state index contributed by atoms with van der Waals surface area (Å²) < 4.78 is 14.9. The molecular weight excluding hydrogens is 474 g/mol. The van der Waals surface area contributed by atoms with Crippen LogP contribution >= 0.6 is 15.8 Å². The zero-order chi connectivity index (χ0) is 22.4. The molecule has 10 rings (SSSR count). The monoisotopic (exact) mass is 526 g/mol. The molecule has 4 unspecified atom stereocenters. The van der Waals surface area contributed by atoms with Crippen molar-refractivity contribution in [3.8, 4) is 0 Å². The van der Waals surface area contributed by atoms with Crippen LogP contribution in [0.1, 0.15) is 105 Å². The Labute approximate surface area is 197 Å². The molecule has 0 aliphatic carbocycles. The van der Waals surface area contributed by atoms with Crippen molar-refractivity contribution >= 4 is 15.8 Å². The quantitative estimate of drug-likeness (QED) is 0.123.